The largest absolute Gasteiger partial charge is 0.290 e. The van der Waals surface area contributed by atoms with Gasteiger partial charge in [-0.3, -0.25) is 14.8 Å². The van der Waals surface area contributed by atoms with E-state index in [4.69, 9.17) is 5.84 Å². The van der Waals surface area contributed by atoms with Crippen LogP contribution in [0.1, 0.15) is 37.5 Å². The highest BCUT2D eigenvalue weighted by atomic mass is 32.2. The van der Waals surface area contributed by atoms with E-state index in [1.165, 1.54) is 10.8 Å². The summed E-state index contributed by atoms with van der Waals surface area (Å²) >= 11 is 1.78. The van der Waals surface area contributed by atoms with Crippen molar-refractivity contribution >= 4 is 49.9 Å². The number of amides is 1. The molecule has 0 unspecified atom stereocenters. The summed E-state index contributed by atoms with van der Waals surface area (Å²) in [5.41, 5.74) is 5.87. The number of carbonyl (C=O) groups excluding carboxylic acids is 1. The molecular formula is C41H42N6OS. The van der Waals surface area contributed by atoms with Crippen LogP contribution in [0.4, 0.5) is 5.69 Å². The Morgan fingerprint density at radius 1 is 0.735 bits per heavy atom. The predicted molar refractivity (Wildman–Crippen MR) is 209 cm³/mol. The number of nitrogen functional groups attached to an aromatic ring is 1. The molecule has 6 aromatic carbocycles. The number of para-hydroxylation sites is 2. The Balaban J connectivity index is 0.000000175. The lowest BCUT2D eigenvalue weighted by Gasteiger charge is -2.09. The molecule has 0 atom stereocenters. The highest BCUT2D eigenvalue weighted by molar-refractivity contribution is 8.13. The van der Waals surface area contributed by atoms with Crippen molar-refractivity contribution < 1.29 is 4.79 Å². The number of hydrazine groups is 1. The number of hydrogen-bond acceptors (Lipinski definition) is 6. The van der Waals surface area contributed by atoms with Gasteiger partial charge in [-0.05, 0) is 83.6 Å². The van der Waals surface area contributed by atoms with Crippen molar-refractivity contribution in [3.05, 3.63) is 157 Å². The van der Waals surface area contributed by atoms with Crippen molar-refractivity contribution in [2.24, 2.45) is 10.8 Å². The number of nitrogens with two attached hydrogens (primary N) is 1. The van der Waals surface area contributed by atoms with E-state index in [1.54, 1.807) is 17.8 Å². The number of rotatable bonds is 5. The van der Waals surface area contributed by atoms with Gasteiger partial charge >= 0.3 is 0 Å². The molecule has 1 aromatic heterocycles. The minimum Gasteiger partial charge on any atom is -0.290 e. The van der Waals surface area contributed by atoms with Crippen molar-refractivity contribution in [1.29, 1.82) is 0 Å². The number of hydrogen-bond donors (Lipinski definition) is 2. The molecule has 1 heterocycles. The summed E-state index contributed by atoms with van der Waals surface area (Å²) in [5, 5.41) is 14.4. The van der Waals surface area contributed by atoms with Crippen LogP contribution in [0.5, 0.6) is 0 Å². The molecule has 0 radical (unpaired) electrons. The SMILES string of the molecule is C.CCSC(C)=Nc1ccccc1.Cc1nnc(-c2ccc3ccccc3c2)n1-c1ccccc1.NNC(=O)c1ccc2ccccc2c1. The molecule has 0 aliphatic carbocycles. The molecule has 7 aromatic rings. The van der Waals surface area contributed by atoms with Gasteiger partial charge in [0.2, 0.25) is 0 Å². The summed E-state index contributed by atoms with van der Waals surface area (Å²) in [4.78, 5) is 15.6. The second kappa shape index (κ2) is 18.1. The standard InChI is InChI=1S/C19H15N3.C11H10N2O.C10H13NS.CH4/c1-14-20-21-19(22(14)18-9-3-2-4-10-18)17-12-11-15-7-5-6-8-16(15)13-17;12-13-11(14)10-6-5-8-3-1-2-4-9(8)7-10;1-3-12-9(2)11-10-7-5-4-6-8-10;/h2-13H,1H3;1-7H,12H2,(H,13,14);4-8H,3H2,1-2H3;1H4. The molecule has 0 fully saturated rings. The van der Waals surface area contributed by atoms with E-state index in [9.17, 15) is 4.79 Å². The number of fused-ring (bicyclic) bond motifs is 2. The Bertz CT molecular complexity index is 2130. The fourth-order valence-corrected chi connectivity index (χ4v) is 5.69. The average molecular weight is 667 g/mol. The summed E-state index contributed by atoms with van der Waals surface area (Å²) in [7, 11) is 0. The van der Waals surface area contributed by atoms with Crippen molar-refractivity contribution in [3.63, 3.8) is 0 Å². The summed E-state index contributed by atoms with van der Waals surface area (Å²) in [6, 6.07) is 48.3. The molecule has 3 N–H and O–H groups in total. The van der Waals surface area contributed by atoms with Gasteiger partial charge in [0.1, 0.15) is 5.82 Å². The van der Waals surface area contributed by atoms with E-state index < -0.39 is 0 Å². The number of thioether (sulfide) groups is 1. The van der Waals surface area contributed by atoms with E-state index in [2.05, 4.69) is 86.7 Å². The van der Waals surface area contributed by atoms with E-state index in [-0.39, 0.29) is 13.3 Å². The molecule has 0 spiro atoms. The first-order chi connectivity index (χ1) is 23.5. The Hall–Kier alpha value is -5.57. The van der Waals surface area contributed by atoms with Gasteiger partial charge < -0.3 is 0 Å². The molecular weight excluding hydrogens is 625 g/mol. The highest BCUT2D eigenvalue weighted by Gasteiger charge is 2.13. The van der Waals surface area contributed by atoms with Crippen LogP contribution in [0.15, 0.2) is 151 Å². The monoisotopic (exact) mass is 666 g/mol. The van der Waals surface area contributed by atoms with Gasteiger partial charge in [-0.1, -0.05) is 117 Å². The second-order valence-electron chi connectivity index (χ2n) is 10.7. The Labute approximate surface area is 292 Å². The quantitative estimate of drug-likeness (QED) is 0.0627. The van der Waals surface area contributed by atoms with Gasteiger partial charge in [0.05, 0.1) is 10.7 Å². The van der Waals surface area contributed by atoms with Crippen molar-refractivity contribution in [1.82, 2.24) is 20.2 Å². The molecule has 8 heteroatoms. The maximum absolute atomic E-state index is 11.2. The molecule has 1 amide bonds. The zero-order valence-electron chi connectivity index (χ0n) is 27.2. The molecule has 7 nitrogen and oxygen atoms in total. The first-order valence-electron chi connectivity index (χ1n) is 15.7. The third kappa shape index (κ3) is 9.73. The third-order valence-corrected chi connectivity index (χ3v) is 8.18. The highest BCUT2D eigenvalue weighted by Crippen LogP contribution is 2.26. The van der Waals surface area contributed by atoms with Crippen LogP contribution in [0, 0.1) is 6.92 Å². The molecule has 0 saturated heterocycles. The van der Waals surface area contributed by atoms with Gasteiger partial charge in [0.15, 0.2) is 5.82 Å². The molecule has 0 aliphatic heterocycles. The van der Waals surface area contributed by atoms with Crippen LogP contribution in [-0.4, -0.2) is 31.5 Å². The third-order valence-electron chi connectivity index (χ3n) is 7.39. The number of nitrogens with zero attached hydrogens (tertiary/aromatic N) is 4. The fraction of sp³-hybridized carbons (Fsp3) is 0.122. The Kier molecular flexibility index (Phi) is 13.4. The van der Waals surface area contributed by atoms with Crippen LogP contribution in [0.2, 0.25) is 0 Å². The number of aryl methyl sites for hydroxylation is 1. The summed E-state index contributed by atoms with van der Waals surface area (Å²) in [6.45, 7) is 6.15. The normalized spacial score (nSPS) is 10.7. The second-order valence-corrected chi connectivity index (χ2v) is 12.2. The van der Waals surface area contributed by atoms with Gasteiger partial charge in [0, 0.05) is 16.8 Å². The average Bonchev–Trinajstić information content (AvgIpc) is 3.53. The minimum absolute atomic E-state index is 0. The van der Waals surface area contributed by atoms with Crippen LogP contribution in [-0.2, 0) is 0 Å². The van der Waals surface area contributed by atoms with E-state index in [0.29, 0.717) is 5.56 Å². The molecule has 0 aliphatic rings. The minimum atomic E-state index is -0.268. The number of aromatic nitrogens is 3. The number of aliphatic imine (C=N–C) groups is 1. The number of carbonyl (C=O) groups is 1. The van der Waals surface area contributed by atoms with Gasteiger partial charge in [0.25, 0.3) is 5.91 Å². The number of benzene rings is 6. The van der Waals surface area contributed by atoms with E-state index in [1.807, 2.05) is 98.8 Å². The number of nitrogens with one attached hydrogen (secondary N) is 1. The Morgan fingerprint density at radius 2 is 1.29 bits per heavy atom. The van der Waals surface area contributed by atoms with Crippen molar-refractivity contribution in [2.75, 3.05) is 5.75 Å². The van der Waals surface area contributed by atoms with Crippen LogP contribution in [0.25, 0.3) is 38.6 Å². The van der Waals surface area contributed by atoms with Gasteiger partial charge in [-0.25, -0.2) is 10.8 Å². The molecule has 0 bridgehead atoms. The van der Waals surface area contributed by atoms with E-state index >= 15 is 0 Å². The summed E-state index contributed by atoms with van der Waals surface area (Å²) in [6.07, 6.45) is 0. The van der Waals surface area contributed by atoms with Crippen LogP contribution >= 0.6 is 11.8 Å². The van der Waals surface area contributed by atoms with Gasteiger partial charge in [-0.2, -0.15) is 0 Å². The first kappa shape index (κ1) is 36.3. The lowest BCUT2D eigenvalue weighted by Crippen LogP contribution is -2.29. The maximum atomic E-state index is 11.2. The van der Waals surface area contributed by atoms with Crippen molar-refractivity contribution in [3.8, 4) is 17.1 Å². The fourth-order valence-electron chi connectivity index (χ4n) is 5.10. The summed E-state index contributed by atoms with van der Waals surface area (Å²) in [5.74, 6) is 7.62. The maximum Gasteiger partial charge on any atom is 0.265 e. The van der Waals surface area contributed by atoms with Crippen LogP contribution < -0.4 is 11.3 Å². The lowest BCUT2D eigenvalue weighted by molar-refractivity contribution is 0.0954. The van der Waals surface area contributed by atoms with Crippen molar-refractivity contribution in [2.45, 2.75) is 28.2 Å². The van der Waals surface area contributed by atoms with Gasteiger partial charge in [-0.15, -0.1) is 22.0 Å². The molecule has 7 rings (SSSR count). The molecule has 248 valence electrons. The Morgan fingerprint density at radius 3 is 1.90 bits per heavy atom. The molecule has 49 heavy (non-hydrogen) atoms. The zero-order chi connectivity index (χ0) is 33.7. The molecule has 0 saturated carbocycles. The zero-order valence-corrected chi connectivity index (χ0v) is 28.1. The van der Waals surface area contributed by atoms with E-state index in [0.717, 1.165) is 50.2 Å². The topological polar surface area (TPSA) is 98.2 Å². The lowest BCUT2D eigenvalue weighted by atomic mass is 10.1. The summed E-state index contributed by atoms with van der Waals surface area (Å²) < 4.78 is 2.09. The van der Waals surface area contributed by atoms with Crippen LogP contribution in [0.3, 0.4) is 0 Å². The predicted octanol–water partition coefficient (Wildman–Crippen LogP) is 9.96. The first-order valence-corrected chi connectivity index (χ1v) is 16.6. The smallest absolute Gasteiger partial charge is 0.265 e.